The number of thiazole rings is 1. The second-order valence-electron chi connectivity index (χ2n) is 3.84. The smallest absolute Gasteiger partial charge is 0.351 e. The van der Waals surface area contributed by atoms with Crippen molar-refractivity contribution in [2.45, 2.75) is 6.92 Å². The van der Waals surface area contributed by atoms with Crippen molar-refractivity contribution < 1.29 is 13.9 Å². The summed E-state index contributed by atoms with van der Waals surface area (Å²) in [6, 6.07) is 2.99. The molecule has 0 amide bonds. The number of anilines is 2. The number of aromatic nitrogens is 1. The standard InChI is InChI=1S/C12H9BrClFN2O2S/c1-5-3-7(15)6(13)4-8(5)16-12-17-10(14)9(20-12)11(18)19-2/h3-4H,1-2H3,(H,16,17). The Morgan fingerprint density at radius 1 is 1.55 bits per heavy atom. The monoisotopic (exact) mass is 378 g/mol. The van der Waals surface area contributed by atoms with Crippen molar-refractivity contribution in [2.75, 3.05) is 12.4 Å². The Bertz CT molecular complexity index is 678. The normalized spacial score (nSPS) is 10.4. The number of esters is 1. The lowest BCUT2D eigenvalue weighted by Gasteiger charge is -2.07. The zero-order valence-electron chi connectivity index (χ0n) is 10.5. The van der Waals surface area contributed by atoms with Gasteiger partial charge in [-0.2, -0.15) is 0 Å². The molecule has 4 nitrogen and oxygen atoms in total. The summed E-state index contributed by atoms with van der Waals surface area (Å²) in [7, 11) is 1.27. The summed E-state index contributed by atoms with van der Waals surface area (Å²) in [5.74, 6) is -0.891. The summed E-state index contributed by atoms with van der Waals surface area (Å²) in [6.07, 6.45) is 0. The quantitative estimate of drug-likeness (QED) is 0.796. The molecule has 1 aromatic heterocycles. The molecule has 20 heavy (non-hydrogen) atoms. The van der Waals surface area contributed by atoms with Gasteiger partial charge in [0.15, 0.2) is 15.2 Å². The molecule has 0 aliphatic carbocycles. The van der Waals surface area contributed by atoms with Gasteiger partial charge in [-0.1, -0.05) is 22.9 Å². The molecule has 0 bridgehead atoms. The molecule has 0 fully saturated rings. The zero-order chi connectivity index (χ0) is 14.9. The Morgan fingerprint density at radius 2 is 2.25 bits per heavy atom. The number of aryl methyl sites for hydroxylation is 1. The predicted molar refractivity (Wildman–Crippen MR) is 80.6 cm³/mol. The first-order valence-electron chi connectivity index (χ1n) is 5.39. The van der Waals surface area contributed by atoms with Gasteiger partial charge in [-0.15, -0.1) is 0 Å². The molecule has 2 rings (SSSR count). The van der Waals surface area contributed by atoms with Gasteiger partial charge in [0.1, 0.15) is 5.82 Å². The van der Waals surface area contributed by atoms with E-state index in [1.165, 1.54) is 13.2 Å². The fourth-order valence-corrected chi connectivity index (χ4v) is 2.93. The van der Waals surface area contributed by atoms with E-state index in [1.807, 2.05) is 0 Å². The molecule has 0 spiro atoms. The maximum Gasteiger partial charge on any atom is 0.351 e. The summed E-state index contributed by atoms with van der Waals surface area (Å²) in [5.41, 5.74) is 1.37. The number of rotatable bonds is 3. The number of ether oxygens (including phenoxy) is 1. The Balaban J connectivity index is 2.31. The van der Waals surface area contributed by atoms with E-state index in [4.69, 9.17) is 11.6 Å². The van der Waals surface area contributed by atoms with Gasteiger partial charge in [0.2, 0.25) is 0 Å². The minimum Gasteiger partial charge on any atom is -0.465 e. The van der Waals surface area contributed by atoms with E-state index in [9.17, 15) is 9.18 Å². The second-order valence-corrected chi connectivity index (χ2v) is 6.05. The van der Waals surface area contributed by atoms with Gasteiger partial charge in [0.05, 0.1) is 11.6 Å². The number of carbonyl (C=O) groups is 1. The van der Waals surface area contributed by atoms with Gasteiger partial charge >= 0.3 is 5.97 Å². The van der Waals surface area contributed by atoms with Crippen LogP contribution in [0, 0.1) is 12.7 Å². The molecule has 0 atom stereocenters. The lowest BCUT2D eigenvalue weighted by atomic mass is 10.2. The van der Waals surface area contributed by atoms with E-state index in [2.05, 4.69) is 31.0 Å². The molecule has 8 heteroatoms. The molecular weight excluding hydrogens is 371 g/mol. The maximum atomic E-state index is 13.3. The molecule has 0 saturated heterocycles. The van der Waals surface area contributed by atoms with Crippen molar-refractivity contribution in [3.63, 3.8) is 0 Å². The highest BCUT2D eigenvalue weighted by Crippen LogP contribution is 2.32. The molecule has 0 unspecified atom stereocenters. The number of methoxy groups -OCH3 is 1. The third-order valence-electron chi connectivity index (χ3n) is 2.47. The molecule has 0 radical (unpaired) electrons. The Kier molecular flexibility index (Phi) is 4.62. The van der Waals surface area contributed by atoms with E-state index in [1.54, 1.807) is 13.0 Å². The lowest BCUT2D eigenvalue weighted by molar-refractivity contribution is 0.0606. The number of carbonyl (C=O) groups excluding carboxylic acids is 1. The third-order valence-corrected chi connectivity index (χ3v) is 4.41. The summed E-state index contributed by atoms with van der Waals surface area (Å²) in [6.45, 7) is 1.76. The van der Waals surface area contributed by atoms with E-state index in [0.29, 0.717) is 20.9 Å². The maximum absolute atomic E-state index is 13.3. The minimum absolute atomic E-state index is 0.0724. The molecule has 1 N–H and O–H groups in total. The van der Waals surface area contributed by atoms with Crippen molar-refractivity contribution in [1.82, 2.24) is 4.98 Å². The van der Waals surface area contributed by atoms with E-state index in [-0.39, 0.29) is 15.8 Å². The van der Waals surface area contributed by atoms with Gasteiger partial charge in [0.25, 0.3) is 0 Å². The van der Waals surface area contributed by atoms with Crippen LogP contribution in [-0.4, -0.2) is 18.1 Å². The topological polar surface area (TPSA) is 51.2 Å². The number of nitrogens with one attached hydrogen (secondary N) is 1. The fourth-order valence-electron chi connectivity index (χ4n) is 1.47. The van der Waals surface area contributed by atoms with Crippen LogP contribution < -0.4 is 5.32 Å². The molecule has 2 aromatic rings. The summed E-state index contributed by atoms with van der Waals surface area (Å²) < 4.78 is 18.3. The highest BCUT2D eigenvalue weighted by Gasteiger charge is 2.18. The number of hydrogen-bond donors (Lipinski definition) is 1. The zero-order valence-corrected chi connectivity index (χ0v) is 13.6. The van der Waals surface area contributed by atoms with E-state index >= 15 is 0 Å². The first kappa shape index (κ1) is 15.2. The number of benzene rings is 1. The lowest BCUT2D eigenvalue weighted by Crippen LogP contribution is -1.98. The molecule has 106 valence electrons. The van der Waals surface area contributed by atoms with Crippen LogP contribution in [0.1, 0.15) is 15.2 Å². The third kappa shape index (κ3) is 3.11. The number of halogens is 3. The van der Waals surface area contributed by atoms with Gasteiger partial charge in [-0.05, 0) is 40.5 Å². The SMILES string of the molecule is COC(=O)c1sc(Nc2cc(Br)c(F)cc2C)nc1Cl. The first-order chi connectivity index (χ1) is 9.42. The predicted octanol–water partition coefficient (Wildman–Crippen LogP) is 4.54. The van der Waals surface area contributed by atoms with E-state index < -0.39 is 5.97 Å². The average Bonchev–Trinajstić information content (AvgIpc) is 2.76. The van der Waals surface area contributed by atoms with Crippen molar-refractivity contribution in [3.8, 4) is 0 Å². The second kappa shape index (κ2) is 6.07. The van der Waals surface area contributed by atoms with E-state index in [0.717, 1.165) is 11.3 Å². The molecular formula is C12H9BrClFN2O2S. The van der Waals surface area contributed by atoms with Gasteiger partial charge < -0.3 is 10.1 Å². The first-order valence-corrected chi connectivity index (χ1v) is 7.38. The van der Waals surface area contributed by atoms with Gasteiger partial charge in [0, 0.05) is 5.69 Å². The molecule has 0 aliphatic rings. The van der Waals surface area contributed by atoms with Crippen molar-refractivity contribution in [3.05, 3.63) is 38.0 Å². The van der Waals surface area contributed by atoms with Crippen molar-refractivity contribution in [1.29, 1.82) is 0 Å². The summed E-state index contributed by atoms with van der Waals surface area (Å²) in [4.78, 5) is 15.7. The van der Waals surface area contributed by atoms with Crippen LogP contribution in [0.25, 0.3) is 0 Å². The van der Waals surface area contributed by atoms with Gasteiger partial charge in [-0.3, -0.25) is 0 Å². The Morgan fingerprint density at radius 3 is 2.90 bits per heavy atom. The van der Waals surface area contributed by atoms with Crippen LogP contribution in [0.2, 0.25) is 5.15 Å². The van der Waals surface area contributed by atoms with Crippen LogP contribution in [0.5, 0.6) is 0 Å². The van der Waals surface area contributed by atoms with Crippen LogP contribution in [0.3, 0.4) is 0 Å². The van der Waals surface area contributed by atoms with Crippen LogP contribution in [0.15, 0.2) is 16.6 Å². The Hall–Kier alpha value is -1.18. The van der Waals surface area contributed by atoms with Crippen molar-refractivity contribution in [2.24, 2.45) is 0 Å². The molecule has 1 heterocycles. The van der Waals surface area contributed by atoms with Crippen molar-refractivity contribution >= 4 is 55.7 Å². The highest BCUT2D eigenvalue weighted by atomic mass is 79.9. The molecule has 0 saturated carbocycles. The highest BCUT2D eigenvalue weighted by molar-refractivity contribution is 9.10. The largest absolute Gasteiger partial charge is 0.465 e. The van der Waals surface area contributed by atoms with Gasteiger partial charge in [-0.25, -0.2) is 14.2 Å². The Labute approximate surface area is 132 Å². The molecule has 0 aliphatic heterocycles. The number of nitrogens with zero attached hydrogens (tertiary/aromatic N) is 1. The molecule has 1 aromatic carbocycles. The minimum atomic E-state index is -0.544. The van der Waals surface area contributed by atoms with Crippen LogP contribution >= 0.6 is 38.9 Å². The van der Waals surface area contributed by atoms with Crippen LogP contribution in [-0.2, 0) is 4.74 Å². The number of hydrogen-bond acceptors (Lipinski definition) is 5. The summed E-state index contributed by atoms with van der Waals surface area (Å²) >= 11 is 10.1. The summed E-state index contributed by atoms with van der Waals surface area (Å²) in [5, 5.41) is 3.50. The fraction of sp³-hybridized carbons (Fsp3) is 0.167. The van der Waals surface area contributed by atoms with Crippen LogP contribution in [0.4, 0.5) is 15.2 Å². The average molecular weight is 380 g/mol.